The molecule has 2 N–H and O–H groups in total. The smallest absolute Gasteiger partial charge is 0.325 e. The standard InChI is InChI=1S/C22H31N3O4/c1-21(2,3)16-6-8-17(9-7-16)29-15-13-23-18(26)10-14-25-19(27)22(24-20(25)28)11-4-5-12-22/h6-9H,4-5,10-15H2,1-3H3,(H,23,26)(H,24,28). The van der Waals surface area contributed by atoms with Crippen molar-refractivity contribution in [2.24, 2.45) is 0 Å². The highest BCUT2D eigenvalue weighted by Crippen LogP contribution is 2.35. The van der Waals surface area contributed by atoms with Crippen LogP contribution in [0.4, 0.5) is 4.79 Å². The van der Waals surface area contributed by atoms with E-state index < -0.39 is 5.54 Å². The van der Waals surface area contributed by atoms with Crippen LogP contribution in [0.3, 0.4) is 0 Å². The van der Waals surface area contributed by atoms with Crippen molar-refractivity contribution in [2.75, 3.05) is 19.7 Å². The highest BCUT2D eigenvalue weighted by Gasteiger charge is 2.52. The number of hydrogen-bond donors (Lipinski definition) is 2. The van der Waals surface area contributed by atoms with E-state index in [4.69, 9.17) is 4.74 Å². The van der Waals surface area contributed by atoms with Crippen LogP contribution in [0.1, 0.15) is 58.4 Å². The zero-order valence-electron chi connectivity index (χ0n) is 17.5. The Kier molecular flexibility index (Phi) is 6.15. The summed E-state index contributed by atoms with van der Waals surface area (Å²) >= 11 is 0. The molecule has 0 unspecified atom stereocenters. The number of ether oxygens (including phenoxy) is 1. The Balaban J connectivity index is 1.36. The van der Waals surface area contributed by atoms with Crippen LogP contribution in [0, 0.1) is 0 Å². The largest absolute Gasteiger partial charge is 0.492 e. The number of imide groups is 1. The lowest BCUT2D eigenvalue weighted by atomic mass is 9.87. The van der Waals surface area contributed by atoms with E-state index in [2.05, 4.69) is 31.4 Å². The minimum absolute atomic E-state index is 0.0928. The van der Waals surface area contributed by atoms with Gasteiger partial charge in [0.2, 0.25) is 5.91 Å². The molecule has 1 aromatic rings. The molecule has 3 rings (SSSR count). The molecule has 1 saturated heterocycles. The van der Waals surface area contributed by atoms with Gasteiger partial charge in [0.25, 0.3) is 5.91 Å². The molecule has 2 aliphatic rings. The summed E-state index contributed by atoms with van der Waals surface area (Å²) in [5, 5.41) is 5.59. The van der Waals surface area contributed by atoms with Crippen molar-refractivity contribution in [1.29, 1.82) is 0 Å². The Hall–Kier alpha value is -2.57. The highest BCUT2D eigenvalue weighted by atomic mass is 16.5. The van der Waals surface area contributed by atoms with Gasteiger partial charge in [-0.15, -0.1) is 0 Å². The molecule has 0 radical (unpaired) electrons. The molecule has 7 heteroatoms. The predicted octanol–water partition coefficient (Wildman–Crippen LogP) is 2.73. The van der Waals surface area contributed by atoms with Crippen molar-refractivity contribution in [3.63, 3.8) is 0 Å². The summed E-state index contributed by atoms with van der Waals surface area (Å²) in [6.07, 6.45) is 3.36. The number of urea groups is 1. The van der Waals surface area contributed by atoms with Crippen molar-refractivity contribution in [1.82, 2.24) is 15.5 Å². The first-order chi connectivity index (χ1) is 13.7. The first kappa shape index (κ1) is 21.1. The molecule has 0 atom stereocenters. The van der Waals surface area contributed by atoms with Gasteiger partial charge in [-0.3, -0.25) is 14.5 Å². The Labute approximate surface area is 172 Å². The number of nitrogens with zero attached hydrogens (tertiary/aromatic N) is 1. The fraction of sp³-hybridized carbons (Fsp3) is 0.591. The summed E-state index contributed by atoms with van der Waals surface area (Å²) in [5.41, 5.74) is 0.611. The Bertz CT molecular complexity index is 761. The van der Waals surface area contributed by atoms with E-state index in [1.807, 2.05) is 24.3 Å². The third-order valence-electron chi connectivity index (χ3n) is 5.68. The molecule has 1 aliphatic heterocycles. The topological polar surface area (TPSA) is 87.7 Å². The van der Waals surface area contributed by atoms with Gasteiger partial charge in [0.15, 0.2) is 0 Å². The molecular formula is C22H31N3O4. The van der Waals surface area contributed by atoms with Crippen LogP contribution < -0.4 is 15.4 Å². The summed E-state index contributed by atoms with van der Waals surface area (Å²) in [7, 11) is 0. The number of carbonyl (C=O) groups is 3. The first-order valence-corrected chi connectivity index (χ1v) is 10.4. The van der Waals surface area contributed by atoms with Crippen molar-refractivity contribution >= 4 is 17.8 Å². The zero-order chi connectivity index (χ0) is 21.1. The van der Waals surface area contributed by atoms with Gasteiger partial charge >= 0.3 is 6.03 Å². The molecule has 29 heavy (non-hydrogen) atoms. The van der Waals surface area contributed by atoms with E-state index >= 15 is 0 Å². The van der Waals surface area contributed by atoms with Crippen molar-refractivity contribution < 1.29 is 19.1 Å². The van der Waals surface area contributed by atoms with Gasteiger partial charge in [0.1, 0.15) is 17.9 Å². The number of nitrogens with one attached hydrogen (secondary N) is 2. The second-order valence-electron chi connectivity index (χ2n) is 8.90. The summed E-state index contributed by atoms with van der Waals surface area (Å²) in [4.78, 5) is 37.9. The molecule has 0 bridgehead atoms. The number of hydrogen-bond acceptors (Lipinski definition) is 4. The molecule has 7 nitrogen and oxygen atoms in total. The molecule has 1 aromatic carbocycles. The maximum atomic E-state index is 12.5. The van der Waals surface area contributed by atoms with Crippen LogP contribution >= 0.6 is 0 Å². The second-order valence-corrected chi connectivity index (χ2v) is 8.90. The van der Waals surface area contributed by atoms with Gasteiger partial charge in [-0.2, -0.15) is 0 Å². The summed E-state index contributed by atoms with van der Waals surface area (Å²) in [5.74, 6) is 0.368. The number of benzene rings is 1. The predicted molar refractivity (Wildman–Crippen MR) is 110 cm³/mol. The highest BCUT2D eigenvalue weighted by molar-refractivity contribution is 6.07. The lowest BCUT2D eigenvalue weighted by Gasteiger charge is -2.20. The average molecular weight is 402 g/mol. The molecule has 1 spiro atoms. The van der Waals surface area contributed by atoms with Gasteiger partial charge in [-0.25, -0.2) is 4.79 Å². The Morgan fingerprint density at radius 3 is 2.45 bits per heavy atom. The minimum Gasteiger partial charge on any atom is -0.492 e. The van der Waals surface area contributed by atoms with Gasteiger partial charge in [0, 0.05) is 13.0 Å². The number of carbonyl (C=O) groups excluding carboxylic acids is 3. The number of rotatable bonds is 7. The maximum absolute atomic E-state index is 12.5. The maximum Gasteiger partial charge on any atom is 0.325 e. The molecule has 1 saturated carbocycles. The molecule has 1 aliphatic carbocycles. The third kappa shape index (κ3) is 4.89. The van der Waals surface area contributed by atoms with E-state index in [1.54, 1.807) is 0 Å². The van der Waals surface area contributed by atoms with Crippen molar-refractivity contribution in [2.45, 2.75) is 63.8 Å². The van der Waals surface area contributed by atoms with Crippen LogP contribution in [0.25, 0.3) is 0 Å². The first-order valence-electron chi connectivity index (χ1n) is 10.4. The SMILES string of the molecule is CC(C)(C)c1ccc(OCCNC(=O)CCN2C(=O)NC3(CCCC3)C2=O)cc1. The van der Waals surface area contributed by atoms with Crippen LogP contribution in [0.15, 0.2) is 24.3 Å². The van der Waals surface area contributed by atoms with E-state index in [9.17, 15) is 14.4 Å². The average Bonchev–Trinajstić information content (AvgIpc) is 3.22. The molecule has 2 fully saturated rings. The Morgan fingerprint density at radius 1 is 1.17 bits per heavy atom. The normalized spacial score (nSPS) is 18.2. The minimum atomic E-state index is -0.718. The molecule has 4 amide bonds. The fourth-order valence-corrected chi connectivity index (χ4v) is 3.91. The fourth-order valence-electron chi connectivity index (χ4n) is 3.91. The Morgan fingerprint density at radius 2 is 1.83 bits per heavy atom. The molecule has 1 heterocycles. The van der Waals surface area contributed by atoms with E-state index in [0.717, 1.165) is 18.6 Å². The molecule has 0 aromatic heterocycles. The van der Waals surface area contributed by atoms with Gasteiger partial charge in [-0.1, -0.05) is 45.7 Å². The number of amides is 4. The van der Waals surface area contributed by atoms with Gasteiger partial charge in [-0.05, 0) is 36.0 Å². The van der Waals surface area contributed by atoms with Crippen LogP contribution in [-0.2, 0) is 15.0 Å². The summed E-state index contributed by atoms with van der Waals surface area (Å²) < 4.78 is 5.66. The summed E-state index contributed by atoms with van der Waals surface area (Å²) in [6.45, 7) is 7.30. The van der Waals surface area contributed by atoms with Gasteiger partial charge in [0.05, 0.1) is 6.54 Å². The van der Waals surface area contributed by atoms with Crippen molar-refractivity contribution in [3.05, 3.63) is 29.8 Å². The van der Waals surface area contributed by atoms with Crippen LogP contribution in [0.5, 0.6) is 5.75 Å². The summed E-state index contributed by atoms with van der Waals surface area (Å²) in [6, 6.07) is 7.57. The van der Waals surface area contributed by atoms with E-state index in [0.29, 0.717) is 26.0 Å². The monoisotopic (exact) mass is 401 g/mol. The van der Waals surface area contributed by atoms with Gasteiger partial charge < -0.3 is 15.4 Å². The lowest BCUT2D eigenvalue weighted by molar-refractivity contribution is -0.131. The van der Waals surface area contributed by atoms with E-state index in [1.165, 1.54) is 10.5 Å². The van der Waals surface area contributed by atoms with Crippen LogP contribution in [-0.4, -0.2) is 48.0 Å². The zero-order valence-corrected chi connectivity index (χ0v) is 17.5. The lowest BCUT2D eigenvalue weighted by Crippen LogP contribution is -2.44. The third-order valence-corrected chi connectivity index (χ3v) is 5.68. The van der Waals surface area contributed by atoms with Crippen LogP contribution in [0.2, 0.25) is 0 Å². The molecule has 158 valence electrons. The quantitative estimate of drug-likeness (QED) is 0.543. The van der Waals surface area contributed by atoms with Crippen molar-refractivity contribution in [3.8, 4) is 5.75 Å². The van der Waals surface area contributed by atoms with E-state index in [-0.39, 0.29) is 36.2 Å². The molecular weight excluding hydrogens is 370 g/mol. The second kappa shape index (κ2) is 8.43.